The van der Waals surface area contributed by atoms with E-state index in [1.807, 2.05) is 12.1 Å². The minimum absolute atomic E-state index is 0.252. The van der Waals surface area contributed by atoms with Gasteiger partial charge in [0.2, 0.25) is 5.91 Å². The summed E-state index contributed by atoms with van der Waals surface area (Å²) in [5, 5.41) is 5.61. The van der Waals surface area contributed by atoms with E-state index in [0.29, 0.717) is 23.0 Å². The number of nitrogens with one attached hydrogen (secondary N) is 2. The number of rotatable bonds is 4. The lowest BCUT2D eigenvalue weighted by molar-refractivity contribution is -0.129. The Morgan fingerprint density at radius 2 is 1.85 bits per heavy atom. The molecule has 1 heterocycles. The van der Waals surface area contributed by atoms with Crippen LogP contribution in [0, 0.1) is 0 Å². The predicted octanol–water partition coefficient (Wildman–Crippen LogP) is 4.57. The van der Waals surface area contributed by atoms with Crippen LogP contribution in [-0.2, 0) is 9.59 Å². The maximum atomic E-state index is 12.3. The lowest BCUT2D eigenvalue weighted by Gasteiger charge is -2.32. The molecule has 0 radical (unpaired) electrons. The third-order valence-corrected chi connectivity index (χ3v) is 4.46. The monoisotopic (exact) mass is 364 g/mol. The summed E-state index contributed by atoms with van der Waals surface area (Å²) in [6.45, 7) is 7.68. The molecule has 5 heteroatoms. The van der Waals surface area contributed by atoms with E-state index in [9.17, 15) is 9.59 Å². The minimum Gasteiger partial charge on any atom is -0.476 e. The SMILES string of the molecule is CC(C)c1ccc(/C=C/C(=O)Nc2cccc3c2NC(=O)C(C)(C)O3)cc1. The Kier molecular flexibility index (Phi) is 5.04. The van der Waals surface area contributed by atoms with E-state index in [2.05, 4.69) is 36.6 Å². The highest BCUT2D eigenvalue weighted by atomic mass is 16.5. The molecule has 27 heavy (non-hydrogen) atoms. The summed E-state index contributed by atoms with van der Waals surface area (Å²) in [4.78, 5) is 24.4. The lowest BCUT2D eigenvalue weighted by Crippen LogP contribution is -2.45. The van der Waals surface area contributed by atoms with E-state index in [-0.39, 0.29) is 11.8 Å². The Labute approximate surface area is 159 Å². The number of hydrogen-bond donors (Lipinski definition) is 2. The van der Waals surface area contributed by atoms with Gasteiger partial charge in [-0.1, -0.05) is 44.2 Å². The van der Waals surface area contributed by atoms with Crippen LogP contribution in [0.3, 0.4) is 0 Å². The minimum atomic E-state index is -0.947. The quantitative estimate of drug-likeness (QED) is 0.781. The summed E-state index contributed by atoms with van der Waals surface area (Å²) in [6, 6.07) is 13.4. The second kappa shape index (κ2) is 7.27. The zero-order chi connectivity index (χ0) is 19.6. The first kappa shape index (κ1) is 18.7. The van der Waals surface area contributed by atoms with Gasteiger partial charge in [0.1, 0.15) is 11.4 Å². The molecular formula is C22H24N2O3. The topological polar surface area (TPSA) is 67.4 Å². The summed E-state index contributed by atoms with van der Waals surface area (Å²) >= 11 is 0. The van der Waals surface area contributed by atoms with Gasteiger partial charge < -0.3 is 15.4 Å². The number of hydrogen-bond acceptors (Lipinski definition) is 3. The molecule has 2 aromatic carbocycles. The van der Waals surface area contributed by atoms with Crippen molar-refractivity contribution in [1.29, 1.82) is 0 Å². The number of fused-ring (bicyclic) bond motifs is 1. The van der Waals surface area contributed by atoms with Gasteiger partial charge in [-0.15, -0.1) is 0 Å². The zero-order valence-electron chi connectivity index (χ0n) is 16.0. The van der Waals surface area contributed by atoms with Crippen LogP contribution in [0.2, 0.25) is 0 Å². The largest absolute Gasteiger partial charge is 0.476 e. The fourth-order valence-electron chi connectivity index (χ4n) is 2.77. The van der Waals surface area contributed by atoms with Gasteiger partial charge in [-0.05, 0) is 49.1 Å². The molecule has 0 aliphatic carbocycles. The fraction of sp³-hybridized carbons (Fsp3) is 0.273. The van der Waals surface area contributed by atoms with E-state index in [1.165, 1.54) is 11.6 Å². The summed E-state index contributed by atoms with van der Waals surface area (Å²) < 4.78 is 5.73. The molecule has 0 aromatic heterocycles. The second-order valence-corrected chi connectivity index (χ2v) is 7.39. The molecule has 5 nitrogen and oxygen atoms in total. The standard InChI is InChI=1S/C22H24N2O3/c1-14(2)16-11-8-15(9-12-16)10-13-19(25)23-17-6-5-7-18-20(17)24-21(26)22(3,4)27-18/h5-14H,1-4H3,(H,23,25)(H,24,26)/b13-10+. The normalized spacial score (nSPS) is 15.2. The summed E-state index contributed by atoms with van der Waals surface area (Å²) in [7, 11) is 0. The number of ether oxygens (including phenoxy) is 1. The Bertz CT molecular complexity index is 896. The fourth-order valence-corrected chi connectivity index (χ4v) is 2.77. The number of para-hydroxylation sites is 1. The van der Waals surface area contributed by atoms with Crippen molar-refractivity contribution in [3.63, 3.8) is 0 Å². The predicted molar refractivity (Wildman–Crippen MR) is 108 cm³/mol. The van der Waals surface area contributed by atoms with Gasteiger partial charge in [-0.25, -0.2) is 0 Å². The molecule has 1 aliphatic heterocycles. The first-order valence-corrected chi connectivity index (χ1v) is 8.99. The number of anilines is 2. The van der Waals surface area contributed by atoms with Crippen molar-refractivity contribution < 1.29 is 14.3 Å². The smallest absolute Gasteiger partial charge is 0.268 e. The third kappa shape index (κ3) is 4.19. The van der Waals surface area contributed by atoms with Crippen LogP contribution in [0.1, 0.15) is 44.7 Å². The van der Waals surface area contributed by atoms with Crippen molar-refractivity contribution in [2.24, 2.45) is 0 Å². The van der Waals surface area contributed by atoms with E-state index in [4.69, 9.17) is 4.74 Å². The average molecular weight is 364 g/mol. The number of carbonyl (C=O) groups excluding carboxylic acids is 2. The molecule has 0 saturated carbocycles. The van der Waals surface area contributed by atoms with E-state index >= 15 is 0 Å². The van der Waals surface area contributed by atoms with E-state index in [1.54, 1.807) is 38.1 Å². The van der Waals surface area contributed by atoms with Crippen LogP contribution in [0.25, 0.3) is 6.08 Å². The van der Waals surface area contributed by atoms with Crippen LogP contribution in [0.5, 0.6) is 5.75 Å². The second-order valence-electron chi connectivity index (χ2n) is 7.39. The molecule has 2 N–H and O–H groups in total. The van der Waals surface area contributed by atoms with Crippen molar-refractivity contribution in [1.82, 2.24) is 0 Å². The van der Waals surface area contributed by atoms with Gasteiger partial charge in [-0.3, -0.25) is 9.59 Å². The van der Waals surface area contributed by atoms with Gasteiger partial charge in [0.05, 0.1) is 5.69 Å². The summed E-state index contributed by atoms with van der Waals surface area (Å²) in [6.07, 6.45) is 3.23. The van der Waals surface area contributed by atoms with Crippen molar-refractivity contribution in [2.45, 2.75) is 39.2 Å². The van der Waals surface area contributed by atoms with Crippen LogP contribution in [0.4, 0.5) is 11.4 Å². The molecule has 0 atom stereocenters. The Hall–Kier alpha value is -3.08. The maximum Gasteiger partial charge on any atom is 0.268 e. The molecule has 2 amide bonds. The summed E-state index contributed by atoms with van der Waals surface area (Å²) in [5.74, 6) is 0.469. The zero-order valence-corrected chi connectivity index (χ0v) is 16.0. The summed E-state index contributed by atoms with van der Waals surface area (Å²) in [5.41, 5.74) is 2.23. The third-order valence-electron chi connectivity index (χ3n) is 4.46. The van der Waals surface area contributed by atoms with Crippen molar-refractivity contribution >= 4 is 29.3 Å². The molecule has 0 fully saturated rings. The van der Waals surface area contributed by atoms with Gasteiger partial charge in [0, 0.05) is 6.08 Å². The Morgan fingerprint density at radius 1 is 1.15 bits per heavy atom. The average Bonchev–Trinajstić information content (AvgIpc) is 2.61. The van der Waals surface area contributed by atoms with E-state index in [0.717, 1.165) is 5.56 Å². The number of amides is 2. The Balaban J connectivity index is 1.73. The molecule has 3 rings (SSSR count). The first-order valence-electron chi connectivity index (χ1n) is 8.99. The molecule has 0 unspecified atom stereocenters. The molecule has 140 valence electrons. The van der Waals surface area contributed by atoms with Crippen LogP contribution >= 0.6 is 0 Å². The van der Waals surface area contributed by atoms with Crippen LogP contribution in [-0.4, -0.2) is 17.4 Å². The van der Waals surface area contributed by atoms with Gasteiger partial charge in [0.15, 0.2) is 5.60 Å². The lowest BCUT2D eigenvalue weighted by atomic mass is 10.0. The van der Waals surface area contributed by atoms with Gasteiger partial charge in [0.25, 0.3) is 5.91 Å². The van der Waals surface area contributed by atoms with Gasteiger partial charge >= 0.3 is 0 Å². The first-order chi connectivity index (χ1) is 12.8. The molecule has 1 aliphatic rings. The molecule has 2 aromatic rings. The molecule has 0 bridgehead atoms. The number of carbonyl (C=O) groups is 2. The van der Waals surface area contributed by atoms with Gasteiger partial charge in [-0.2, -0.15) is 0 Å². The highest BCUT2D eigenvalue weighted by Gasteiger charge is 2.36. The molecule has 0 saturated heterocycles. The van der Waals surface area contributed by atoms with E-state index < -0.39 is 5.60 Å². The number of benzene rings is 2. The highest BCUT2D eigenvalue weighted by Crippen LogP contribution is 2.38. The van der Waals surface area contributed by atoms with Crippen LogP contribution < -0.4 is 15.4 Å². The maximum absolute atomic E-state index is 12.3. The highest BCUT2D eigenvalue weighted by molar-refractivity contribution is 6.08. The van der Waals surface area contributed by atoms with Crippen LogP contribution in [0.15, 0.2) is 48.5 Å². The Morgan fingerprint density at radius 3 is 2.52 bits per heavy atom. The van der Waals surface area contributed by atoms with Crippen molar-refractivity contribution in [2.75, 3.05) is 10.6 Å². The molecular weight excluding hydrogens is 340 g/mol. The van der Waals surface area contributed by atoms with Crippen molar-refractivity contribution in [3.05, 3.63) is 59.7 Å². The van der Waals surface area contributed by atoms with Crippen molar-refractivity contribution in [3.8, 4) is 5.75 Å². The molecule has 0 spiro atoms.